The quantitative estimate of drug-likeness (QED) is 0.233. The van der Waals surface area contributed by atoms with Gasteiger partial charge < -0.3 is 18.8 Å². The van der Waals surface area contributed by atoms with Crippen LogP contribution in [-0.4, -0.2) is 24.5 Å². The zero-order valence-corrected chi connectivity index (χ0v) is 21.8. The minimum absolute atomic E-state index is 0.0226. The highest BCUT2D eigenvalue weighted by atomic mass is 19.1. The molecule has 0 fully saturated rings. The lowest BCUT2D eigenvalue weighted by molar-refractivity contribution is 0.0730. The van der Waals surface area contributed by atoms with E-state index in [1.54, 1.807) is 24.1 Å². The maximum absolute atomic E-state index is 14.1. The second-order valence-electron chi connectivity index (χ2n) is 9.64. The molecule has 6 nitrogen and oxygen atoms in total. The van der Waals surface area contributed by atoms with Gasteiger partial charge in [-0.2, -0.15) is 0 Å². The van der Waals surface area contributed by atoms with Crippen molar-refractivity contribution in [1.29, 1.82) is 0 Å². The second kappa shape index (κ2) is 10.7. The van der Waals surface area contributed by atoms with Gasteiger partial charge in [0, 0.05) is 6.54 Å². The molecule has 0 saturated heterocycles. The summed E-state index contributed by atoms with van der Waals surface area (Å²) >= 11 is 0. The topological polar surface area (TPSA) is 69.0 Å². The molecular weight excluding hydrogens is 509 g/mol. The van der Waals surface area contributed by atoms with Crippen LogP contribution < -0.4 is 14.9 Å². The van der Waals surface area contributed by atoms with Crippen molar-refractivity contribution in [2.45, 2.75) is 19.1 Å². The number of amides is 1. The van der Waals surface area contributed by atoms with Crippen LogP contribution in [0.5, 0.6) is 11.5 Å². The molecule has 7 heteroatoms. The van der Waals surface area contributed by atoms with Crippen LogP contribution in [0.4, 0.5) is 4.39 Å². The van der Waals surface area contributed by atoms with Gasteiger partial charge in [-0.3, -0.25) is 9.59 Å². The van der Waals surface area contributed by atoms with Gasteiger partial charge in [-0.1, -0.05) is 66.7 Å². The van der Waals surface area contributed by atoms with Gasteiger partial charge in [-0.05, 0) is 53.4 Å². The molecule has 6 rings (SSSR count). The second-order valence-corrected chi connectivity index (χ2v) is 9.64. The van der Waals surface area contributed by atoms with E-state index in [0.717, 1.165) is 17.2 Å². The molecule has 0 radical (unpaired) electrons. The molecule has 2 heterocycles. The van der Waals surface area contributed by atoms with Gasteiger partial charge in [0.05, 0.1) is 24.1 Å². The number of benzene rings is 4. The number of hydrogen-bond donors (Lipinski definition) is 0. The number of nitrogens with zero attached hydrogens (tertiary/aromatic N) is 1. The number of hydrogen-bond acceptors (Lipinski definition) is 5. The Morgan fingerprint density at radius 1 is 0.850 bits per heavy atom. The number of carbonyl (C=O) groups excluding carboxylic acids is 1. The summed E-state index contributed by atoms with van der Waals surface area (Å²) in [6, 6.07) is 27.9. The summed E-state index contributed by atoms with van der Waals surface area (Å²) in [7, 11) is 1.54. The number of halogens is 1. The molecular formula is C33H26FNO5. The maximum atomic E-state index is 14.1. The fourth-order valence-electron chi connectivity index (χ4n) is 5.17. The highest BCUT2D eigenvalue weighted by molar-refractivity contribution is 5.99. The molecule has 0 saturated carbocycles. The standard InChI is InChI=1S/C33H26FNO5/c1-38-28-18-23(12-14-27(28)39-20-22-10-6-3-7-11-22)30-29-31(36)25-19-24(34)13-15-26(25)40-32(29)33(37)35(30)17-16-21-8-4-2-5-9-21/h2-15,18-19,30H,16-17,20H2,1H3. The summed E-state index contributed by atoms with van der Waals surface area (Å²) in [5, 5.41) is 0.0937. The molecule has 1 aliphatic rings. The molecule has 40 heavy (non-hydrogen) atoms. The molecule has 4 aromatic carbocycles. The van der Waals surface area contributed by atoms with E-state index in [9.17, 15) is 14.0 Å². The zero-order valence-electron chi connectivity index (χ0n) is 21.8. The molecule has 1 aliphatic heterocycles. The first-order valence-corrected chi connectivity index (χ1v) is 13.0. The Morgan fingerprint density at radius 2 is 1.57 bits per heavy atom. The highest BCUT2D eigenvalue weighted by Gasteiger charge is 2.42. The van der Waals surface area contributed by atoms with Crippen molar-refractivity contribution in [3.05, 3.63) is 141 Å². The summed E-state index contributed by atoms with van der Waals surface area (Å²) in [5.41, 5.74) is 2.65. The fourth-order valence-corrected chi connectivity index (χ4v) is 5.17. The Bertz CT molecular complexity index is 1750. The molecule has 0 spiro atoms. The van der Waals surface area contributed by atoms with Crippen LogP contribution in [0.15, 0.2) is 106 Å². The van der Waals surface area contributed by atoms with Crippen LogP contribution in [0.1, 0.15) is 38.9 Å². The number of methoxy groups -OCH3 is 1. The predicted molar refractivity (Wildman–Crippen MR) is 149 cm³/mol. The molecule has 0 bridgehead atoms. The molecule has 1 aromatic heterocycles. The normalized spacial score (nSPS) is 14.4. The summed E-state index contributed by atoms with van der Waals surface area (Å²) < 4.78 is 31.7. The Morgan fingerprint density at radius 3 is 2.30 bits per heavy atom. The molecule has 5 aromatic rings. The van der Waals surface area contributed by atoms with Crippen molar-refractivity contribution >= 4 is 16.9 Å². The average molecular weight is 536 g/mol. The SMILES string of the molecule is COc1cc(C2c3c(oc4ccc(F)cc4c3=O)C(=O)N2CCc2ccccc2)ccc1OCc1ccccc1. The number of fused-ring (bicyclic) bond motifs is 2. The molecule has 1 amide bonds. The Balaban J connectivity index is 1.42. The van der Waals surface area contributed by atoms with Crippen molar-refractivity contribution in [1.82, 2.24) is 4.90 Å². The smallest absolute Gasteiger partial charge is 0.290 e. The largest absolute Gasteiger partial charge is 0.493 e. The molecule has 1 unspecified atom stereocenters. The number of rotatable bonds is 8. The Hall–Kier alpha value is -4.91. The number of ether oxygens (including phenoxy) is 2. The Labute approximate surface area is 230 Å². The third kappa shape index (κ3) is 4.71. The minimum atomic E-state index is -0.743. The predicted octanol–water partition coefficient (Wildman–Crippen LogP) is 6.31. The van der Waals surface area contributed by atoms with Gasteiger partial charge in [0.1, 0.15) is 18.0 Å². The maximum Gasteiger partial charge on any atom is 0.290 e. The van der Waals surface area contributed by atoms with Crippen molar-refractivity contribution in [2.75, 3.05) is 13.7 Å². The van der Waals surface area contributed by atoms with Gasteiger partial charge in [-0.15, -0.1) is 0 Å². The third-order valence-electron chi connectivity index (χ3n) is 7.15. The summed E-state index contributed by atoms with van der Waals surface area (Å²) in [5.74, 6) is 0.0352. The van der Waals surface area contributed by atoms with Crippen molar-refractivity contribution in [3.63, 3.8) is 0 Å². The van der Waals surface area contributed by atoms with Crippen LogP contribution in [0.25, 0.3) is 11.0 Å². The molecule has 0 N–H and O–H groups in total. The lowest BCUT2D eigenvalue weighted by Gasteiger charge is -2.26. The zero-order chi connectivity index (χ0) is 27.6. The first kappa shape index (κ1) is 25.4. The van der Waals surface area contributed by atoms with Gasteiger partial charge in [0.25, 0.3) is 5.91 Å². The van der Waals surface area contributed by atoms with E-state index in [4.69, 9.17) is 13.9 Å². The van der Waals surface area contributed by atoms with Crippen molar-refractivity contribution < 1.29 is 23.1 Å². The summed E-state index contributed by atoms with van der Waals surface area (Å²) in [6.07, 6.45) is 0.578. The monoisotopic (exact) mass is 535 g/mol. The van der Waals surface area contributed by atoms with Crippen molar-refractivity contribution in [2.24, 2.45) is 0 Å². The molecule has 0 aliphatic carbocycles. The van der Waals surface area contributed by atoms with Crippen LogP contribution in [0.3, 0.4) is 0 Å². The fraction of sp³-hybridized carbons (Fsp3) is 0.152. The van der Waals surface area contributed by atoms with Crippen LogP contribution in [0, 0.1) is 5.82 Å². The molecule has 200 valence electrons. The van der Waals surface area contributed by atoms with E-state index in [2.05, 4.69) is 0 Å². The first-order valence-electron chi connectivity index (χ1n) is 13.0. The van der Waals surface area contributed by atoms with Gasteiger partial charge >= 0.3 is 0 Å². The third-order valence-corrected chi connectivity index (χ3v) is 7.15. The summed E-state index contributed by atoms with van der Waals surface area (Å²) in [6.45, 7) is 0.696. The number of carbonyl (C=O) groups is 1. The van der Waals surface area contributed by atoms with E-state index in [1.165, 1.54) is 12.1 Å². The van der Waals surface area contributed by atoms with E-state index < -0.39 is 17.3 Å². The van der Waals surface area contributed by atoms with E-state index >= 15 is 0 Å². The van der Waals surface area contributed by atoms with Crippen molar-refractivity contribution in [3.8, 4) is 11.5 Å². The van der Waals surface area contributed by atoms with Crippen LogP contribution >= 0.6 is 0 Å². The minimum Gasteiger partial charge on any atom is -0.493 e. The lowest BCUT2D eigenvalue weighted by Crippen LogP contribution is -2.31. The van der Waals surface area contributed by atoms with E-state index in [0.29, 0.717) is 36.6 Å². The molecule has 1 atom stereocenters. The van der Waals surface area contributed by atoms with Crippen LogP contribution in [-0.2, 0) is 13.0 Å². The lowest BCUT2D eigenvalue weighted by atomic mass is 9.97. The average Bonchev–Trinajstić information content (AvgIpc) is 3.27. The van der Waals surface area contributed by atoms with Gasteiger partial charge in [-0.25, -0.2) is 4.39 Å². The van der Waals surface area contributed by atoms with Crippen LogP contribution in [0.2, 0.25) is 0 Å². The van der Waals surface area contributed by atoms with Gasteiger partial charge in [0.2, 0.25) is 5.76 Å². The van der Waals surface area contributed by atoms with E-state index in [1.807, 2.05) is 66.7 Å². The Kier molecular flexibility index (Phi) is 6.78. The van der Waals surface area contributed by atoms with E-state index in [-0.39, 0.29) is 28.2 Å². The first-order chi connectivity index (χ1) is 19.5. The highest BCUT2D eigenvalue weighted by Crippen LogP contribution is 2.41. The summed E-state index contributed by atoms with van der Waals surface area (Å²) in [4.78, 5) is 29.1. The van der Waals surface area contributed by atoms with Gasteiger partial charge in [0.15, 0.2) is 16.9 Å².